The first-order chi connectivity index (χ1) is 10.8. The molecule has 0 spiro atoms. The molecule has 0 unspecified atom stereocenters. The van der Waals surface area contributed by atoms with Crippen LogP contribution in [0.1, 0.15) is 23.2 Å². The number of rotatable bonds is 4. The van der Waals surface area contributed by atoms with Crippen LogP contribution in [0.2, 0.25) is 0 Å². The lowest BCUT2D eigenvalue weighted by atomic mass is 10.1. The number of pyridine rings is 1. The van der Waals surface area contributed by atoms with Gasteiger partial charge in [0, 0.05) is 37.5 Å². The molecule has 7 nitrogen and oxygen atoms in total. The van der Waals surface area contributed by atoms with Crippen LogP contribution in [0.5, 0.6) is 5.88 Å². The Morgan fingerprint density at radius 3 is 2.64 bits per heavy atom. The fourth-order valence-electron chi connectivity index (χ4n) is 2.09. The second-order valence-electron chi connectivity index (χ2n) is 4.84. The number of anilines is 1. The van der Waals surface area contributed by atoms with Crippen molar-refractivity contribution in [3.63, 3.8) is 0 Å². The van der Waals surface area contributed by atoms with Crippen molar-refractivity contribution in [2.45, 2.75) is 18.9 Å². The molecule has 1 fully saturated rings. The maximum Gasteiger partial charge on any atom is 0.259 e. The van der Waals surface area contributed by atoms with Crippen molar-refractivity contribution in [1.29, 1.82) is 0 Å². The second-order valence-corrected chi connectivity index (χ2v) is 4.84. The van der Waals surface area contributed by atoms with Gasteiger partial charge in [0.2, 0.25) is 11.8 Å². The van der Waals surface area contributed by atoms with Crippen molar-refractivity contribution < 1.29 is 14.3 Å². The van der Waals surface area contributed by atoms with E-state index >= 15 is 0 Å². The minimum atomic E-state index is -0.309. The van der Waals surface area contributed by atoms with Gasteiger partial charge in [-0.15, -0.1) is 0 Å². The van der Waals surface area contributed by atoms with Crippen LogP contribution in [0.25, 0.3) is 0 Å². The van der Waals surface area contributed by atoms with Gasteiger partial charge in [-0.2, -0.15) is 0 Å². The zero-order valence-corrected chi connectivity index (χ0v) is 11.9. The van der Waals surface area contributed by atoms with Crippen molar-refractivity contribution in [3.05, 3.63) is 42.4 Å². The van der Waals surface area contributed by atoms with Gasteiger partial charge in [-0.1, -0.05) is 0 Å². The lowest BCUT2D eigenvalue weighted by Crippen LogP contribution is -2.26. The van der Waals surface area contributed by atoms with Gasteiger partial charge >= 0.3 is 0 Å². The van der Waals surface area contributed by atoms with Crippen LogP contribution >= 0.6 is 0 Å². The van der Waals surface area contributed by atoms with E-state index in [4.69, 9.17) is 9.47 Å². The zero-order chi connectivity index (χ0) is 15.2. The monoisotopic (exact) mass is 300 g/mol. The van der Waals surface area contributed by atoms with Gasteiger partial charge in [-0.3, -0.25) is 10.1 Å². The summed E-state index contributed by atoms with van der Waals surface area (Å²) >= 11 is 0. The van der Waals surface area contributed by atoms with Gasteiger partial charge < -0.3 is 9.47 Å². The number of amides is 1. The Morgan fingerprint density at radius 2 is 1.95 bits per heavy atom. The molecular weight excluding hydrogens is 284 g/mol. The van der Waals surface area contributed by atoms with Gasteiger partial charge in [-0.25, -0.2) is 15.0 Å². The average molecular weight is 300 g/mol. The van der Waals surface area contributed by atoms with E-state index in [9.17, 15) is 4.79 Å². The summed E-state index contributed by atoms with van der Waals surface area (Å²) < 4.78 is 11.0. The molecule has 1 amide bonds. The molecule has 0 aromatic carbocycles. The lowest BCUT2D eigenvalue weighted by molar-refractivity contribution is 0.0237. The number of aromatic nitrogens is 3. The molecule has 7 heteroatoms. The Hall–Kier alpha value is -2.54. The molecule has 0 radical (unpaired) electrons. The number of nitrogens with one attached hydrogen (secondary N) is 1. The van der Waals surface area contributed by atoms with Crippen LogP contribution in [0, 0.1) is 0 Å². The second kappa shape index (κ2) is 6.95. The highest BCUT2D eigenvalue weighted by atomic mass is 16.5. The minimum Gasteiger partial charge on any atom is -0.474 e. The van der Waals surface area contributed by atoms with Gasteiger partial charge in [0.05, 0.1) is 18.8 Å². The van der Waals surface area contributed by atoms with Gasteiger partial charge in [-0.05, 0) is 12.1 Å². The standard InChI is InChI=1S/C15H16N4O3/c20-14(19-15-16-6-1-7-17-15)11-2-3-13(18-10-11)22-12-4-8-21-9-5-12/h1-3,6-7,10,12H,4-5,8-9H2,(H,16,17,19,20). The number of ether oxygens (including phenoxy) is 2. The molecule has 114 valence electrons. The molecule has 1 saturated heterocycles. The van der Waals surface area contributed by atoms with E-state index in [0.717, 1.165) is 12.8 Å². The number of hydrogen-bond acceptors (Lipinski definition) is 6. The fourth-order valence-corrected chi connectivity index (χ4v) is 2.09. The Morgan fingerprint density at radius 1 is 1.18 bits per heavy atom. The Labute approximate surface area is 127 Å². The topological polar surface area (TPSA) is 86.2 Å². The smallest absolute Gasteiger partial charge is 0.259 e. The fraction of sp³-hybridized carbons (Fsp3) is 0.333. The quantitative estimate of drug-likeness (QED) is 0.924. The van der Waals surface area contributed by atoms with Crippen molar-refractivity contribution in [1.82, 2.24) is 15.0 Å². The van der Waals surface area contributed by atoms with Crippen LogP contribution in [0.4, 0.5) is 5.95 Å². The molecule has 0 aliphatic carbocycles. The van der Waals surface area contributed by atoms with E-state index in [1.165, 1.54) is 6.20 Å². The molecule has 1 N–H and O–H groups in total. The van der Waals surface area contributed by atoms with E-state index in [1.807, 2.05) is 0 Å². The summed E-state index contributed by atoms with van der Waals surface area (Å²) in [6, 6.07) is 5.04. The number of hydrogen-bond donors (Lipinski definition) is 1. The number of carbonyl (C=O) groups excluding carboxylic acids is 1. The van der Waals surface area contributed by atoms with E-state index in [0.29, 0.717) is 24.7 Å². The largest absolute Gasteiger partial charge is 0.474 e. The first-order valence-electron chi connectivity index (χ1n) is 7.10. The van der Waals surface area contributed by atoms with Gasteiger partial charge in [0.1, 0.15) is 6.10 Å². The van der Waals surface area contributed by atoms with Crippen LogP contribution in [-0.4, -0.2) is 40.2 Å². The Kier molecular flexibility index (Phi) is 4.55. The predicted octanol–water partition coefficient (Wildman–Crippen LogP) is 1.68. The first kappa shape index (κ1) is 14.4. The summed E-state index contributed by atoms with van der Waals surface area (Å²) in [5, 5.41) is 2.60. The molecule has 2 aromatic rings. The summed E-state index contributed by atoms with van der Waals surface area (Å²) in [6.07, 6.45) is 6.44. The molecule has 1 aliphatic rings. The summed E-state index contributed by atoms with van der Waals surface area (Å²) in [5.74, 6) is 0.464. The SMILES string of the molecule is O=C(Nc1ncccn1)c1ccc(OC2CCOCC2)nc1. The maximum atomic E-state index is 12.0. The van der Waals surface area contributed by atoms with Crippen molar-refractivity contribution in [2.24, 2.45) is 0 Å². The third-order valence-corrected chi connectivity index (χ3v) is 3.25. The number of carbonyl (C=O) groups is 1. The van der Waals surface area contributed by atoms with E-state index in [1.54, 1.807) is 30.6 Å². The molecule has 22 heavy (non-hydrogen) atoms. The average Bonchev–Trinajstić information content (AvgIpc) is 2.57. The third-order valence-electron chi connectivity index (χ3n) is 3.25. The number of nitrogens with zero attached hydrogens (tertiary/aromatic N) is 3. The van der Waals surface area contributed by atoms with Gasteiger partial charge in [0.15, 0.2) is 0 Å². The third kappa shape index (κ3) is 3.76. The first-order valence-corrected chi connectivity index (χ1v) is 7.10. The van der Waals surface area contributed by atoms with Crippen LogP contribution in [0.3, 0.4) is 0 Å². The Bertz CT molecular complexity index is 612. The van der Waals surface area contributed by atoms with Gasteiger partial charge in [0.25, 0.3) is 5.91 Å². The molecule has 0 atom stereocenters. The summed E-state index contributed by atoms with van der Waals surface area (Å²) in [4.78, 5) is 24.1. The van der Waals surface area contributed by atoms with E-state index < -0.39 is 0 Å². The molecule has 0 saturated carbocycles. The molecule has 2 aromatic heterocycles. The van der Waals surface area contributed by atoms with Crippen molar-refractivity contribution in [2.75, 3.05) is 18.5 Å². The molecule has 3 heterocycles. The molecular formula is C15H16N4O3. The highest BCUT2D eigenvalue weighted by Gasteiger charge is 2.16. The normalized spacial score (nSPS) is 15.3. The molecule has 0 bridgehead atoms. The molecule has 3 rings (SSSR count). The highest BCUT2D eigenvalue weighted by Crippen LogP contribution is 2.16. The van der Waals surface area contributed by atoms with Crippen LogP contribution < -0.4 is 10.1 Å². The predicted molar refractivity (Wildman–Crippen MR) is 78.7 cm³/mol. The van der Waals surface area contributed by atoms with Crippen LogP contribution in [0.15, 0.2) is 36.8 Å². The molecule has 1 aliphatic heterocycles. The van der Waals surface area contributed by atoms with E-state index in [-0.39, 0.29) is 18.0 Å². The van der Waals surface area contributed by atoms with Crippen LogP contribution in [-0.2, 0) is 4.74 Å². The summed E-state index contributed by atoms with van der Waals surface area (Å²) in [6.45, 7) is 1.42. The van der Waals surface area contributed by atoms with Crippen molar-refractivity contribution >= 4 is 11.9 Å². The Balaban J connectivity index is 1.59. The minimum absolute atomic E-state index is 0.124. The zero-order valence-electron chi connectivity index (χ0n) is 11.9. The van der Waals surface area contributed by atoms with E-state index in [2.05, 4.69) is 20.3 Å². The van der Waals surface area contributed by atoms with Crippen molar-refractivity contribution in [3.8, 4) is 5.88 Å². The highest BCUT2D eigenvalue weighted by molar-refractivity contribution is 6.03. The summed E-state index contributed by atoms with van der Waals surface area (Å²) in [5.41, 5.74) is 0.423. The lowest BCUT2D eigenvalue weighted by Gasteiger charge is -2.22. The maximum absolute atomic E-state index is 12.0. The summed E-state index contributed by atoms with van der Waals surface area (Å²) in [7, 11) is 0.